The molecule has 0 aliphatic carbocycles. The van der Waals surface area contributed by atoms with Gasteiger partial charge in [0.05, 0.1) is 13.8 Å². The second-order valence-corrected chi connectivity index (χ2v) is 12.6. The van der Waals surface area contributed by atoms with Crippen LogP contribution in [-0.4, -0.2) is 13.1 Å². The highest BCUT2D eigenvalue weighted by Crippen LogP contribution is 2.36. The third-order valence-electron chi connectivity index (χ3n) is 4.79. The number of para-hydroxylation sites is 1. The summed E-state index contributed by atoms with van der Waals surface area (Å²) in [6.45, 7) is 6.61. The Hall–Kier alpha value is -2.39. The second kappa shape index (κ2) is 5.56. The van der Waals surface area contributed by atoms with E-state index in [0.717, 1.165) is 27.5 Å². The number of hydrogen-bond acceptors (Lipinski definition) is 2. The van der Waals surface area contributed by atoms with Crippen LogP contribution in [0.2, 0.25) is 19.6 Å². The summed E-state index contributed by atoms with van der Waals surface area (Å²) in [5, 5.41) is 3.56. The molecule has 4 aromatic rings. The average molecular weight is 349 g/mol. The smallest absolute Gasteiger partial charge is 0.144 e. The number of nitrogens with zero attached hydrogens (tertiary/aromatic N) is 1. The summed E-state index contributed by atoms with van der Waals surface area (Å²) in [4.78, 5) is 4.54. The van der Waals surface area contributed by atoms with Crippen molar-refractivity contribution in [1.82, 2.24) is 4.98 Å². The Morgan fingerprint density at radius 3 is 2.60 bits per heavy atom. The van der Waals surface area contributed by atoms with Crippen molar-refractivity contribution in [2.45, 2.75) is 33.4 Å². The van der Waals surface area contributed by atoms with Crippen LogP contribution >= 0.6 is 0 Å². The fraction of sp³-hybridized carbons (Fsp3) is 0.227. The third-order valence-corrected chi connectivity index (χ3v) is 6.83. The number of rotatable bonds is 2. The summed E-state index contributed by atoms with van der Waals surface area (Å²) < 4.78 is 29.8. The Labute approximate surface area is 153 Å². The second-order valence-electron chi connectivity index (χ2n) is 7.55. The van der Waals surface area contributed by atoms with Crippen molar-refractivity contribution in [1.29, 1.82) is 0 Å². The van der Waals surface area contributed by atoms with Crippen LogP contribution < -0.4 is 5.19 Å². The average Bonchev–Trinajstić information content (AvgIpc) is 2.99. The molecule has 4 rings (SSSR count). The standard InChI is InChI=1S/C22H23NOSi/c1-14-12-13-23-21(15(14)2)17-10-11-19(25(3,4)5)20-16-8-6-7-9-18(16)24-22(17)20/h6-13H,1-5H3/i1D3. The summed E-state index contributed by atoms with van der Waals surface area (Å²) >= 11 is 0. The van der Waals surface area contributed by atoms with E-state index in [1.54, 1.807) is 12.3 Å². The van der Waals surface area contributed by atoms with Crippen LogP contribution in [0.3, 0.4) is 0 Å². The van der Waals surface area contributed by atoms with E-state index in [-0.39, 0.29) is 0 Å². The molecule has 25 heavy (non-hydrogen) atoms. The van der Waals surface area contributed by atoms with Gasteiger partial charge in [0.15, 0.2) is 0 Å². The van der Waals surface area contributed by atoms with Gasteiger partial charge in [-0.25, -0.2) is 0 Å². The zero-order valence-corrected chi connectivity index (χ0v) is 16.0. The Bertz CT molecular complexity index is 1200. The zero-order chi connectivity index (χ0) is 20.3. The Morgan fingerprint density at radius 1 is 1.04 bits per heavy atom. The largest absolute Gasteiger partial charge is 0.455 e. The fourth-order valence-electron chi connectivity index (χ4n) is 3.45. The SMILES string of the molecule is [2H]C([2H])([2H])c1ccnc(-c2ccc([Si](C)(C)C)c3c2oc2ccccc23)c1C. The molecule has 0 saturated carbocycles. The first-order chi connectivity index (χ1) is 13.1. The number of benzene rings is 2. The molecule has 0 bridgehead atoms. The number of aromatic nitrogens is 1. The van der Waals surface area contributed by atoms with Crippen molar-refractivity contribution in [3.8, 4) is 11.3 Å². The van der Waals surface area contributed by atoms with Gasteiger partial charge in [-0.15, -0.1) is 0 Å². The van der Waals surface area contributed by atoms with Crippen LogP contribution in [0.15, 0.2) is 53.1 Å². The highest BCUT2D eigenvalue weighted by Gasteiger charge is 2.25. The predicted octanol–water partition coefficient (Wildman–Crippen LogP) is 5.81. The van der Waals surface area contributed by atoms with Crippen LogP contribution in [0.25, 0.3) is 33.2 Å². The lowest BCUT2D eigenvalue weighted by Crippen LogP contribution is -2.37. The van der Waals surface area contributed by atoms with E-state index in [4.69, 9.17) is 8.53 Å². The molecule has 126 valence electrons. The van der Waals surface area contributed by atoms with E-state index in [1.165, 1.54) is 5.19 Å². The highest BCUT2D eigenvalue weighted by atomic mass is 28.3. The Morgan fingerprint density at radius 2 is 1.84 bits per heavy atom. The van der Waals surface area contributed by atoms with Crippen molar-refractivity contribution in [2.24, 2.45) is 0 Å². The molecule has 0 fully saturated rings. The number of fused-ring (bicyclic) bond motifs is 3. The number of aryl methyl sites for hydroxylation is 1. The topological polar surface area (TPSA) is 26.0 Å². The quantitative estimate of drug-likeness (QED) is 0.427. The maximum Gasteiger partial charge on any atom is 0.144 e. The molecule has 0 aliphatic heterocycles. The van der Waals surface area contributed by atoms with E-state index in [1.807, 2.05) is 31.2 Å². The molecule has 2 aromatic carbocycles. The lowest BCUT2D eigenvalue weighted by molar-refractivity contribution is 0.670. The first-order valence-electron chi connectivity index (χ1n) is 10.0. The Balaban J connectivity index is 2.11. The minimum absolute atomic E-state index is 0.330. The van der Waals surface area contributed by atoms with Crippen molar-refractivity contribution >= 4 is 35.2 Å². The van der Waals surface area contributed by atoms with Gasteiger partial charge in [-0.1, -0.05) is 43.9 Å². The van der Waals surface area contributed by atoms with Gasteiger partial charge in [-0.05, 0) is 48.3 Å². The van der Waals surface area contributed by atoms with Gasteiger partial charge >= 0.3 is 0 Å². The van der Waals surface area contributed by atoms with Crippen LogP contribution in [0.4, 0.5) is 0 Å². The molecule has 0 radical (unpaired) electrons. The first-order valence-corrected chi connectivity index (χ1v) is 12.0. The molecule has 2 heterocycles. The third kappa shape index (κ3) is 2.50. The zero-order valence-electron chi connectivity index (χ0n) is 18.0. The van der Waals surface area contributed by atoms with Crippen molar-refractivity contribution < 1.29 is 8.53 Å². The number of hydrogen-bond donors (Lipinski definition) is 0. The van der Waals surface area contributed by atoms with Crippen LogP contribution in [0, 0.1) is 13.8 Å². The minimum Gasteiger partial charge on any atom is -0.455 e. The van der Waals surface area contributed by atoms with Gasteiger partial charge in [0.2, 0.25) is 0 Å². The van der Waals surface area contributed by atoms with Gasteiger partial charge < -0.3 is 4.42 Å². The lowest BCUT2D eigenvalue weighted by atomic mass is 10.0. The molecule has 0 saturated heterocycles. The predicted molar refractivity (Wildman–Crippen MR) is 109 cm³/mol. The van der Waals surface area contributed by atoms with Crippen LogP contribution in [-0.2, 0) is 0 Å². The molecule has 0 amide bonds. The monoisotopic (exact) mass is 348 g/mol. The van der Waals surface area contributed by atoms with Crippen LogP contribution in [0.1, 0.15) is 15.2 Å². The van der Waals surface area contributed by atoms with E-state index >= 15 is 0 Å². The molecule has 2 aromatic heterocycles. The lowest BCUT2D eigenvalue weighted by Gasteiger charge is -2.19. The summed E-state index contributed by atoms with van der Waals surface area (Å²) in [7, 11) is -1.63. The molecule has 3 heteroatoms. The highest BCUT2D eigenvalue weighted by molar-refractivity contribution is 6.90. The van der Waals surface area contributed by atoms with Crippen molar-refractivity contribution in [3.05, 3.63) is 59.8 Å². The van der Waals surface area contributed by atoms with E-state index in [2.05, 4.69) is 36.8 Å². The molecule has 0 aliphatic rings. The Kier molecular flexibility index (Phi) is 2.87. The first kappa shape index (κ1) is 12.9. The molecule has 0 unspecified atom stereocenters. The summed E-state index contributed by atoms with van der Waals surface area (Å²) in [6, 6.07) is 13.9. The van der Waals surface area contributed by atoms with Crippen molar-refractivity contribution in [2.75, 3.05) is 0 Å². The number of pyridine rings is 1. The van der Waals surface area contributed by atoms with Gasteiger partial charge in [-0.2, -0.15) is 0 Å². The maximum absolute atomic E-state index is 7.83. The molecule has 0 N–H and O–H groups in total. The summed E-state index contributed by atoms with van der Waals surface area (Å²) in [5.74, 6) is 0. The van der Waals surface area contributed by atoms with Gasteiger partial charge in [0.1, 0.15) is 11.2 Å². The van der Waals surface area contributed by atoms with Crippen molar-refractivity contribution in [3.63, 3.8) is 0 Å². The molecule has 0 atom stereocenters. The number of furan rings is 1. The van der Waals surface area contributed by atoms with E-state index in [9.17, 15) is 0 Å². The van der Waals surface area contributed by atoms with E-state index < -0.39 is 14.9 Å². The van der Waals surface area contributed by atoms with E-state index in [0.29, 0.717) is 16.8 Å². The van der Waals surface area contributed by atoms with Gasteiger partial charge in [0.25, 0.3) is 0 Å². The normalized spacial score (nSPS) is 14.5. The molecule has 2 nitrogen and oxygen atoms in total. The molecular weight excluding hydrogens is 322 g/mol. The fourth-order valence-corrected chi connectivity index (χ4v) is 5.03. The molecule has 0 spiro atoms. The van der Waals surface area contributed by atoms with Gasteiger partial charge in [0, 0.05) is 26.6 Å². The molecular formula is C22H23NOSi. The summed E-state index contributed by atoms with van der Waals surface area (Å²) in [5.41, 5.74) is 4.14. The van der Waals surface area contributed by atoms with Gasteiger partial charge in [-0.3, -0.25) is 4.98 Å². The maximum atomic E-state index is 7.83. The minimum atomic E-state index is -2.17. The summed E-state index contributed by atoms with van der Waals surface area (Å²) in [6.07, 6.45) is 1.57. The van der Waals surface area contributed by atoms with Crippen LogP contribution in [0.5, 0.6) is 0 Å².